The second-order valence-electron chi connectivity index (χ2n) is 4.97. The van der Waals surface area contributed by atoms with Gasteiger partial charge in [-0.2, -0.15) is 0 Å². The van der Waals surface area contributed by atoms with Gasteiger partial charge in [-0.25, -0.2) is 0 Å². The molecule has 0 radical (unpaired) electrons. The normalized spacial score (nSPS) is 21.9. The van der Waals surface area contributed by atoms with Gasteiger partial charge in [-0.15, -0.1) is 0 Å². The largest absolute Gasteiger partial charge is 0.392 e. The second-order valence-corrected chi connectivity index (χ2v) is 5.88. The lowest BCUT2D eigenvalue weighted by atomic mass is 10.1. The molecule has 1 amide bonds. The Balaban J connectivity index is 1.95. The average molecular weight is 327 g/mol. The van der Waals surface area contributed by atoms with Gasteiger partial charge in [0.25, 0.3) is 0 Å². The van der Waals surface area contributed by atoms with Gasteiger partial charge in [-0.3, -0.25) is 9.69 Å². The molecule has 2 N–H and O–H groups in total. The Bertz CT molecular complexity index is 453. The Hall–Kier alpha value is -0.910. The van der Waals surface area contributed by atoms with E-state index in [0.717, 1.165) is 29.5 Å². The predicted molar refractivity (Wildman–Crippen MR) is 79.0 cm³/mol. The SMILES string of the molecule is CC(C(=O)Nc1cccc(Br)c1)N1CCCC(O)C1. The summed E-state index contributed by atoms with van der Waals surface area (Å²) < 4.78 is 0.936. The monoisotopic (exact) mass is 326 g/mol. The van der Waals surface area contributed by atoms with Crippen LogP contribution in [0.2, 0.25) is 0 Å². The molecule has 4 nitrogen and oxygen atoms in total. The molecule has 2 rings (SSSR count). The van der Waals surface area contributed by atoms with E-state index in [1.807, 2.05) is 36.1 Å². The molecule has 1 heterocycles. The topological polar surface area (TPSA) is 52.6 Å². The molecule has 19 heavy (non-hydrogen) atoms. The van der Waals surface area contributed by atoms with Gasteiger partial charge in [0.2, 0.25) is 5.91 Å². The van der Waals surface area contributed by atoms with Gasteiger partial charge in [0.05, 0.1) is 12.1 Å². The third-order valence-corrected chi connectivity index (χ3v) is 3.94. The first-order valence-corrected chi connectivity index (χ1v) is 7.34. The van der Waals surface area contributed by atoms with E-state index in [1.54, 1.807) is 0 Å². The highest BCUT2D eigenvalue weighted by Crippen LogP contribution is 2.17. The minimum atomic E-state index is -0.310. The molecule has 1 aliphatic heterocycles. The van der Waals surface area contributed by atoms with Crippen molar-refractivity contribution in [1.29, 1.82) is 0 Å². The number of aliphatic hydroxyl groups excluding tert-OH is 1. The quantitative estimate of drug-likeness (QED) is 0.895. The molecule has 1 aromatic carbocycles. The number of amides is 1. The van der Waals surface area contributed by atoms with Crippen LogP contribution in [0.1, 0.15) is 19.8 Å². The average Bonchev–Trinajstić information content (AvgIpc) is 2.38. The zero-order valence-electron chi connectivity index (χ0n) is 11.0. The van der Waals surface area contributed by atoms with Crippen LogP contribution in [-0.2, 0) is 4.79 Å². The fourth-order valence-electron chi connectivity index (χ4n) is 2.31. The van der Waals surface area contributed by atoms with Crippen molar-refractivity contribution in [1.82, 2.24) is 4.90 Å². The maximum absolute atomic E-state index is 12.2. The van der Waals surface area contributed by atoms with Crippen LogP contribution in [-0.4, -0.2) is 41.1 Å². The summed E-state index contributed by atoms with van der Waals surface area (Å²) in [5, 5.41) is 12.6. The van der Waals surface area contributed by atoms with Crippen LogP contribution in [0.25, 0.3) is 0 Å². The van der Waals surface area contributed by atoms with Crippen LogP contribution in [0.5, 0.6) is 0 Å². The highest BCUT2D eigenvalue weighted by atomic mass is 79.9. The van der Waals surface area contributed by atoms with E-state index in [2.05, 4.69) is 21.2 Å². The Morgan fingerprint density at radius 1 is 1.58 bits per heavy atom. The molecular formula is C14H19BrN2O2. The van der Waals surface area contributed by atoms with Gasteiger partial charge in [0, 0.05) is 16.7 Å². The minimum Gasteiger partial charge on any atom is -0.392 e. The van der Waals surface area contributed by atoms with Gasteiger partial charge in [-0.05, 0) is 44.5 Å². The number of anilines is 1. The van der Waals surface area contributed by atoms with Crippen LogP contribution in [0.3, 0.4) is 0 Å². The standard InChI is InChI=1S/C14H19BrN2O2/c1-10(17-7-3-6-13(18)9-17)14(19)16-12-5-2-4-11(15)8-12/h2,4-5,8,10,13,18H,3,6-7,9H2,1H3,(H,16,19). The number of hydrogen-bond acceptors (Lipinski definition) is 3. The number of piperidine rings is 1. The molecular weight excluding hydrogens is 308 g/mol. The van der Waals surface area contributed by atoms with E-state index in [9.17, 15) is 9.90 Å². The number of nitrogens with one attached hydrogen (secondary N) is 1. The van der Waals surface area contributed by atoms with Crippen molar-refractivity contribution in [2.24, 2.45) is 0 Å². The van der Waals surface area contributed by atoms with Crippen LogP contribution in [0, 0.1) is 0 Å². The summed E-state index contributed by atoms with van der Waals surface area (Å²) in [5.41, 5.74) is 0.781. The zero-order valence-corrected chi connectivity index (χ0v) is 12.6. The van der Waals surface area contributed by atoms with Crippen molar-refractivity contribution in [3.05, 3.63) is 28.7 Å². The van der Waals surface area contributed by atoms with Gasteiger partial charge in [0.1, 0.15) is 0 Å². The lowest BCUT2D eigenvalue weighted by Crippen LogP contribution is -2.48. The summed E-state index contributed by atoms with van der Waals surface area (Å²) >= 11 is 3.38. The summed E-state index contributed by atoms with van der Waals surface area (Å²) in [6.45, 7) is 3.32. The van der Waals surface area contributed by atoms with E-state index in [0.29, 0.717) is 6.54 Å². The summed E-state index contributed by atoms with van der Waals surface area (Å²) in [6.07, 6.45) is 1.46. The third-order valence-electron chi connectivity index (χ3n) is 3.45. The van der Waals surface area contributed by atoms with E-state index >= 15 is 0 Å². The lowest BCUT2D eigenvalue weighted by molar-refractivity contribution is -0.121. The number of hydrogen-bond donors (Lipinski definition) is 2. The Morgan fingerprint density at radius 3 is 3.05 bits per heavy atom. The van der Waals surface area contributed by atoms with Gasteiger partial charge < -0.3 is 10.4 Å². The predicted octanol–water partition coefficient (Wildman–Crippen LogP) is 2.23. The maximum atomic E-state index is 12.2. The summed E-state index contributed by atoms with van der Waals surface area (Å²) in [5.74, 6) is -0.0350. The minimum absolute atomic E-state index is 0.0350. The number of rotatable bonds is 3. The summed E-state index contributed by atoms with van der Waals surface area (Å²) in [6, 6.07) is 7.31. The zero-order chi connectivity index (χ0) is 13.8. The van der Waals surface area contributed by atoms with E-state index in [1.165, 1.54) is 0 Å². The Morgan fingerprint density at radius 2 is 2.37 bits per heavy atom. The van der Waals surface area contributed by atoms with Crippen LogP contribution >= 0.6 is 15.9 Å². The first-order chi connectivity index (χ1) is 9.06. The van der Waals surface area contributed by atoms with Crippen LogP contribution in [0.4, 0.5) is 5.69 Å². The smallest absolute Gasteiger partial charge is 0.241 e. The number of likely N-dealkylation sites (tertiary alicyclic amines) is 1. The van der Waals surface area contributed by atoms with Crippen molar-refractivity contribution in [2.75, 3.05) is 18.4 Å². The lowest BCUT2D eigenvalue weighted by Gasteiger charge is -2.33. The number of benzene rings is 1. The van der Waals surface area contributed by atoms with Gasteiger partial charge in [0.15, 0.2) is 0 Å². The number of aliphatic hydroxyl groups is 1. The van der Waals surface area contributed by atoms with Crippen molar-refractivity contribution < 1.29 is 9.90 Å². The number of carbonyl (C=O) groups excluding carboxylic acids is 1. The molecule has 104 valence electrons. The molecule has 1 fully saturated rings. The van der Waals surface area contributed by atoms with Crippen molar-refractivity contribution in [3.63, 3.8) is 0 Å². The molecule has 2 atom stereocenters. The summed E-state index contributed by atoms with van der Waals surface area (Å²) in [4.78, 5) is 14.2. The molecule has 0 spiro atoms. The first kappa shape index (κ1) is 14.5. The maximum Gasteiger partial charge on any atom is 0.241 e. The molecule has 0 aromatic heterocycles. The highest BCUT2D eigenvalue weighted by Gasteiger charge is 2.26. The molecule has 1 saturated heterocycles. The van der Waals surface area contributed by atoms with E-state index in [-0.39, 0.29) is 18.1 Å². The van der Waals surface area contributed by atoms with E-state index < -0.39 is 0 Å². The molecule has 2 unspecified atom stereocenters. The Kier molecular flexibility index (Phi) is 4.96. The third kappa shape index (κ3) is 4.03. The molecule has 1 aromatic rings. The fraction of sp³-hybridized carbons (Fsp3) is 0.500. The van der Waals surface area contributed by atoms with Gasteiger partial charge in [-0.1, -0.05) is 22.0 Å². The highest BCUT2D eigenvalue weighted by molar-refractivity contribution is 9.10. The number of β-amino-alcohol motifs (C(OH)–C–C–N with tert-alkyl or cyclic N) is 1. The number of nitrogens with zero attached hydrogens (tertiary/aromatic N) is 1. The molecule has 5 heteroatoms. The van der Waals surface area contributed by atoms with Crippen molar-refractivity contribution in [2.45, 2.75) is 31.9 Å². The van der Waals surface area contributed by atoms with Crippen LogP contribution < -0.4 is 5.32 Å². The number of carbonyl (C=O) groups is 1. The molecule has 0 bridgehead atoms. The van der Waals surface area contributed by atoms with E-state index in [4.69, 9.17) is 0 Å². The van der Waals surface area contributed by atoms with Gasteiger partial charge >= 0.3 is 0 Å². The molecule has 0 aliphatic carbocycles. The van der Waals surface area contributed by atoms with Crippen molar-refractivity contribution in [3.8, 4) is 0 Å². The van der Waals surface area contributed by atoms with Crippen molar-refractivity contribution >= 4 is 27.5 Å². The molecule has 0 saturated carbocycles. The Labute approximate surface area is 121 Å². The second kappa shape index (κ2) is 6.50. The number of halogens is 1. The molecule has 1 aliphatic rings. The first-order valence-electron chi connectivity index (χ1n) is 6.55. The van der Waals surface area contributed by atoms with Crippen LogP contribution in [0.15, 0.2) is 28.7 Å². The summed E-state index contributed by atoms with van der Waals surface area (Å²) in [7, 11) is 0. The fourth-order valence-corrected chi connectivity index (χ4v) is 2.71.